The fourth-order valence-electron chi connectivity index (χ4n) is 1.74. The molecule has 0 saturated heterocycles. The van der Waals surface area contributed by atoms with Gasteiger partial charge in [-0.3, -0.25) is 0 Å². The smallest absolute Gasteiger partial charge is 0.489 e. The number of anilines is 1. The molecule has 1 aromatic rings. The van der Waals surface area contributed by atoms with Gasteiger partial charge in [-0.1, -0.05) is 25.1 Å². The van der Waals surface area contributed by atoms with Crippen LogP contribution >= 0.6 is 11.3 Å². The zero-order valence-electron chi connectivity index (χ0n) is 10.5. The van der Waals surface area contributed by atoms with Gasteiger partial charge in [-0.25, -0.2) is 0 Å². The Labute approximate surface area is 150 Å². The van der Waals surface area contributed by atoms with E-state index in [1.54, 1.807) is 17.7 Å². The first-order valence-corrected chi connectivity index (χ1v) is 5.84. The fraction of sp³-hybridized carbons (Fsp3) is 0.417. The van der Waals surface area contributed by atoms with Crippen LogP contribution in [0.4, 0.5) is 5.69 Å². The molecule has 0 unspecified atom stereocenters. The summed E-state index contributed by atoms with van der Waals surface area (Å²) in [5.74, 6) is 0.459. The van der Waals surface area contributed by atoms with Crippen LogP contribution in [-0.2, 0) is 4.79 Å². The summed E-state index contributed by atoms with van der Waals surface area (Å²) in [6.07, 6.45) is 1.73. The summed E-state index contributed by atoms with van der Waals surface area (Å²) in [7, 11) is 0. The maximum absolute atomic E-state index is 10.3. The van der Waals surface area contributed by atoms with Gasteiger partial charge in [0.2, 0.25) is 0 Å². The summed E-state index contributed by atoms with van der Waals surface area (Å²) in [5.41, 5.74) is 3.46. The summed E-state index contributed by atoms with van der Waals surface area (Å²) >= 11 is 1.65. The van der Waals surface area contributed by atoms with E-state index in [0.29, 0.717) is 5.92 Å². The van der Waals surface area contributed by atoms with Crippen molar-refractivity contribution in [1.82, 2.24) is 0 Å². The van der Waals surface area contributed by atoms with Gasteiger partial charge < -0.3 is 10.1 Å². The minimum absolute atomic E-state index is 0. The Hall–Kier alpha value is 0.715. The van der Waals surface area contributed by atoms with Crippen molar-refractivity contribution in [2.45, 2.75) is 27.7 Å². The summed E-state index contributed by atoms with van der Waals surface area (Å²) in [6.45, 7) is 8.53. The Kier molecular flexibility index (Phi) is 8.28. The van der Waals surface area contributed by atoms with Crippen LogP contribution in [0.3, 0.4) is 0 Å². The standard InChI is InChI=1S/C12H16NOS.Rb/c1-8(2)11(9(3)4)12-10(13-7-14)5-6-15-12;/h5-6,8H,1-4H3,(H,13,14);/q-1;+1. The van der Waals surface area contributed by atoms with Crippen LogP contribution in [0, 0.1) is 5.92 Å². The monoisotopic (exact) mass is 307 g/mol. The van der Waals surface area contributed by atoms with Gasteiger partial charge >= 0.3 is 58.2 Å². The van der Waals surface area contributed by atoms with Crippen molar-refractivity contribution in [3.63, 3.8) is 0 Å². The summed E-state index contributed by atoms with van der Waals surface area (Å²) in [4.78, 5) is 11.5. The Morgan fingerprint density at radius 3 is 2.50 bits per heavy atom. The molecule has 1 heterocycles. The number of hydrogen-bond acceptors (Lipinski definition) is 2. The first-order chi connectivity index (χ1) is 7.07. The zero-order valence-corrected chi connectivity index (χ0v) is 16.3. The second kappa shape index (κ2) is 7.93. The number of allylic oxidation sites excluding steroid dienone is 2. The third kappa shape index (κ3) is 4.19. The number of nitrogens with one attached hydrogen (secondary N) is 1. The number of thiophene rings is 1. The minimum Gasteiger partial charge on any atom is -0.489 e. The molecule has 1 rings (SSSR count). The van der Waals surface area contributed by atoms with Crippen molar-refractivity contribution >= 4 is 29.0 Å². The van der Waals surface area contributed by atoms with Crippen molar-refractivity contribution in [1.29, 1.82) is 0 Å². The molecule has 82 valence electrons. The third-order valence-corrected chi connectivity index (χ3v) is 3.16. The van der Waals surface area contributed by atoms with E-state index < -0.39 is 0 Å². The molecule has 1 amide bonds. The van der Waals surface area contributed by atoms with Crippen molar-refractivity contribution in [3.05, 3.63) is 21.9 Å². The van der Waals surface area contributed by atoms with Crippen LogP contribution < -0.4 is 63.5 Å². The van der Waals surface area contributed by atoms with Crippen LogP contribution in [0.15, 0.2) is 17.0 Å². The Bertz CT molecular complexity index is 378. The molecule has 0 aliphatic rings. The number of hydrogen-bond donors (Lipinski definition) is 1. The van der Waals surface area contributed by atoms with E-state index in [-0.39, 0.29) is 58.2 Å². The van der Waals surface area contributed by atoms with Gasteiger partial charge in [0, 0.05) is 0 Å². The van der Waals surface area contributed by atoms with E-state index in [2.05, 4.69) is 33.0 Å². The molecular weight excluding hydrogens is 292 g/mol. The predicted molar refractivity (Wildman–Crippen MR) is 66.7 cm³/mol. The third-order valence-electron chi connectivity index (χ3n) is 2.21. The van der Waals surface area contributed by atoms with Crippen LogP contribution in [0.25, 0.3) is 5.57 Å². The molecule has 0 fully saturated rings. The maximum Gasteiger partial charge on any atom is 1.00 e. The zero-order chi connectivity index (χ0) is 11.4. The van der Waals surface area contributed by atoms with Gasteiger partial charge in [0.1, 0.15) is 0 Å². The molecule has 2 nitrogen and oxygen atoms in total. The SMILES string of the molecule is CC(C)=C(c1sccc1N[C-]=O)C(C)C.[Rb+]. The topological polar surface area (TPSA) is 29.1 Å². The van der Waals surface area contributed by atoms with E-state index in [4.69, 9.17) is 0 Å². The molecule has 0 aromatic carbocycles. The molecule has 0 aliphatic carbocycles. The normalized spacial score (nSPS) is 9.56. The number of rotatable bonds is 4. The quantitative estimate of drug-likeness (QED) is 0.643. The average molecular weight is 308 g/mol. The predicted octanol–water partition coefficient (Wildman–Crippen LogP) is 0.681. The van der Waals surface area contributed by atoms with E-state index in [9.17, 15) is 4.79 Å². The summed E-state index contributed by atoms with van der Waals surface area (Å²) in [6, 6.07) is 1.91. The minimum atomic E-state index is 0. The molecule has 0 bridgehead atoms. The van der Waals surface area contributed by atoms with Gasteiger partial charge in [0.25, 0.3) is 0 Å². The molecule has 1 N–H and O–H groups in total. The molecule has 16 heavy (non-hydrogen) atoms. The van der Waals surface area contributed by atoms with Gasteiger partial charge in [0.15, 0.2) is 0 Å². The van der Waals surface area contributed by atoms with E-state index >= 15 is 0 Å². The Morgan fingerprint density at radius 2 is 2.06 bits per heavy atom. The van der Waals surface area contributed by atoms with E-state index in [1.165, 1.54) is 11.1 Å². The van der Waals surface area contributed by atoms with Crippen molar-refractivity contribution in [3.8, 4) is 0 Å². The fourth-order valence-corrected chi connectivity index (χ4v) is 2.89. The van der Waals surface area contributed by atoms with Crippen molar-refractivity contribution in [2.75, 3.05) is 5.32 Å². The van der Waals surface area contributed by atoms with Crippen LogP contribution in [0.2, 0.25) is 0 Å². The number of amides is 1. The maximum atomic E-state index is 10.3. The molecule has 0 aliphatic heterocycles. The molecular formula is C12H16NORbS. The first kappa shape index (κ1) is 16.7. The van der Waals surface area contributed by atoms with Crippen LogP contribution in [0.1, 0.15) is 32.6 Å². The van der Waals surface area contributed by atoms with Crippen LogP contribution in [-0.4, -0.2) is 6.41 Å². The molecule has 0 atom stereocenters. The van der Waals surface area contributed by atoms with Gasteiger partial charge in [-0.15, -0.1) is 6.07 Å². The molecule has 4 heteroatoms. The molecule has 0 spiro atoms. The molecule has 1 aromatic heterocycles. The molecule has 0 saturated carbocycles. The second-order valence-corrected chi connectivity index (χ2v) is 4.87. The van der Waals surface area contributed by atoms with Crippen molar-refractivity contribution < 1.29 is 63.0 Å². The summed E-state index contributed by atoms with van der Waals surface area (Å²) < 4.78 is 0. The van der Waals surface area contributed by atoms with Gasteiger partial charge in [-0.2, -0.15) is 11.3 Å². The first-order valence-electron chi connectivity index (χ1n) is 4.96. The number of carbonyl (C=O) groups excluding carboxylic acids is 1. The van der Waals surface area contributed by atoms with Crippen molar-refractivity contribution in [2.24, 2.45) is 5.92 Å². The Morgan fingerprint density at radius 1 is 1.44 bits per heavy atom. The summed E-state index contributed by atoms with van der Waals surface area (Å²) in [5, 5.41) is 4.60. The van der Waals surface area contributed by atoms with E-state index in [1.807, 2.05) is 11.4 Å². The average Bonchev–Trinajstić information content (AvgIpc) is 2.53. The van der Waals surface area contributed by atoms with Gasteiger partial charge in [-0.05, 0) is 35.6 Å². The second-order valence-electron chi connectivity index (χ2n) is 3.96. The van der Waals surface area contributed by atoms with Gasteiger partial charge in [0.05, 0.1) is 6.41 Å². The van der Waals surface area contributed by atoms with E-state index in [0.717, 1.165) is 10.6 Å². The van der Waals surface area contributed by atoms with Crippen LogP contribution in [0.5, 0.6) is 0 Å². The molecule has 0 radical (unpaired) electrons. The Balaban J connectivity index is 0.00000225. The largest absolute Gasteiger partial charge is 1.00 e.